The van der Waals surface area contributed by atoms with E-state index in [-0.39, 0.29) is 5.91 Å². The lowest BCUT2D eigenvalue weighted by atomic mass is 9.95. The molecule has 0 bridgehead atoms. The van der Waals surface area contributed by atoms with Gasteiger partial charge in [-0.1, -0.05) is 50.6 Å². The van der Waals surface area contributed by atoms with Crippen LogP contribution in [0.3, 0.4) is 0 Å². The Kier molecular flexibility index (Phi) is 5.09. The predicted octanol–water partition coefficient (Wildman–Crippen LogP) is 4.94. The van der Waals surface area contributed by atoms with E-state index in [0.29, 0.717) is 6.54 Å². The van der Waals surface area contributed by atoms with Crippen LogP contribution < -0.4 is 10.6 Å². The SMILES string of the molecule is CC(C)(C)C(=O)Nc1ccc(NCc2ccccc2Cl)cc1. The second kappa shape index (κ2) is 6.84. The fourth-order valence-electron chi connectivity index (χ4n) is 1.83. The third-order valence-corrected chi connectivity index (χ3v) is 3.63. The topological polar surface area (TPSA) is 41.1 Å². The van der Waals surface area contributed by atoms with Crippen LogP contribution in [0.1, 0.15) is 26.3 Å². The second-order valence-electron chi connectivity index (χ2n) is 6.23. The molecule has 0 unspecified atom stereocenters. The third kappa shape index (κ3) is 4.50. The fraction of sp³-hybridized carbons (Fsp3) is 0.278. The van der Waals surface area contributed by atoms with Crippen molar-refractivity contribution >= 4 is 28.9 Å². The van der Waals surface area contributed by atoms with Crippen molar-refractivity contribution < 1.29 is 4.79 Å². The lowest BCUT2D eigenvalue weighted by molar-refractivity contribution is -0.123. The average Bonchev–Trinajstić information content (AvgIpc) is 2.47. The molecule has 0 aliphatic heterocycles. The first kappa shape index (κ1) is 16.4. The van der Waals surface area contributed by atoms with Crippen LogP contribution >= 0.6 is 11.6 Å². The Morgan fingerprint density at radius 2 is 1.59 bits per heavy atom. The Hall–Kier alpha value is -2.00. The van der Waals surface area contributed by atoms with Crippen LogP contribution in [0.25, 0.3) is 0 Å². The third-order valence-electron chi connectivity index (χ3n) is 3.26. The Balaban J connectivity index is 1.95. The molecule has 0 aromatic heterocycles. The van der Waals surface area contributed by atoms with Crippen LogP contribution in [0.15, 0.2) is 48.5 Å². The first-order valence-electron chi connectivity index (χ1n) is 7.25. The number of amides is 1. The van der Waals surface area contributed by atoms with Gasteiger partial charge in [-0.15, -0.1) is 0 Å². The average molecular weight is 317 g/mol. The first-order valence-corrected chi connectivity index (χ1v) is 7.63. The molecule has 3 nitrogen and oxygen atoms in total. The summed E-state index contributed by atoms with van der Waals surface area (Å²) in [4.78, 5) is 11.9. The minimum absolute atomic E-state index is 0.00396. The maximum atomic E-state index is 11.9. The Morgan fingerprint density at radius 1 is 1.00 bits per heavy atom. The molecule has 2 N–H and O–H groups in total. The summed E-state index contributed by atoms with van der Waals surface area (Å²) in [5.74, 6) is 0.00396. The fourth-order valence-corrected chi connectivity index (χ4v) is 2.03. The quantitative estimate of drug-likeness (QED) is 0.839. The summed E-state index contributed by atoms with van der Waals surface area (Å²) in [5.41, 5.74) is 2.42. The highest BCUT2D eigenvalue weighted by Gasteiger charge is 2.20. The second-order valence-corrected chi connectivity index (χ2v) is 6.63. The van der Waals surface area contributed by atoms with Gasteiger partial charge in [-0.25, -0.2) is 0 Å². The van der Waals surface area contributed by atoms with E-state index in [1.165, 1.54) is 0 Å². The molecule has 0 heterocycles. The van der Waals surface area contributed by atoms with Crippen LogP contribution in [0.2, 0.25) is 5.02 Å². The zero-order valence-corrected chi connectivity index (χ0v) is 13.9. The summed E-state index contributed by atoms with van der Waals surface area (Å²) >= 11 is 6.13. The van der Waals surface area contributed by atoms with Gasteiger partial charge in [-0.05, 0) is 35.9 Å². The van der Waals surface area contributed by atoms with Gasteiger partial charge in [0.25, 0.3) is 0 Å². The molecule has 4 heteroatoms. The van der Waals surface area contributed by atoms with Crippen LogP contribution in [-0.4, -0.2) is 5.91 Å². The van der Waals surface area contributed by atoms with Crippen molar-refractivity contribution in [3.8, 4) is 0 Å². The number of carbonyl (C=O) groups excluding carboxylic acids is 1. The summed E-state index contributed by atoms with van der Waals surface area (Å²) in [5, 5.41) is 6.97. The van der Waals surface area contributed by atoms with Crippen molar-refractivity contribution in [3.05, 3.63) is 59.1 Å². The van der Waals surface area contributed by atoms with E-state index in [2.05, 4.69) is 10.6 Å². The van der Waals surface area contributed by atoms with Gasteiger partial charge in [-0.3, -0.25) is 4.79 Å². The standard InChI is InChI=1S/C18H21ClN2O/c1-18(2,3)17(22)21-15-10-8-14(9-11-15)20-12-13-6-4-5-7-16(13)19/h4-11,20H,12H2,1-3H3,(H,21,22). The Labute approximate surface area is 136 Å². The van der Waals surface area contributed by atoms with Gasteiger partial charge in [0.2, 0.25) is 5.91 Å². The van der Waals surface area contributed by atoms with E-state index in [0.717, 1.165) is 22.0 Å². The molecular formula is C18H21ClN2O. The smallest absolute Gasteiger partial charge is 0.229 e. The van der Waals surface area contributed by atoms with Crippen LogP contribution in [0.4, 0.5) is 11.4 Å². The molecule has 0 aliphatic rings. The molecule has 0 saturated heterocycles. The van der Waals surface area contributed by atoms with Gasteiger partial charge in [0, 0.05) is 28.4 Å². The number of nitrogens with one attached hydrogen (secondary N) is 2. The maximum Gasteiger partial charge on any atom is 0.229 e. The van der Waals surface area contributed by atoms with Crippen molar-refractivity contribution in [2.75, 3.05) is 10.6 Å². The van der Waals surface area contributed by atoms with E-state index >= 15 is 0 Å². The zero-order valence-electron chi connectivity index (χ0n) is 13.1. The molecule has 2 aromatic rings. The molecular weight excluding hydrogens is 296 g/mol. The minimum atomic E-state index is -0.402. The minimum Gasteiger partial charge on any atom is -0.381 e. The van der Waals surface area contributed by atoms with Crippen LogP contribution in [0.5, 0.6) is 0 Å². The first-order chi connectivity index (χ1) is 10.4. The molecule has 0 fully saturated rings. The van der Waals surface area contributed by atoms with Crippen molar-refractivity contribution in [2.24, 2.45) is 5.41 Å². The lowest BCUT2D eigenvalue weighted by Gasteiger charge is -2.17. The summed E-state index contributed by atoms with van der Waals surface area (Å²) in [6.45, 7) is 6.33. The van der Waals surface area contributed by atoms with Gasteiger partial charge in [0.15, 0.2) is 0 Å². The van der Waals surface area contributed by atoms with Crippen molar-refractivity contribution in [3.63, 3.8) is 0 Å². The number of halogens is 1. The van der Waals surface area contributed by atoms with Gasteiger partial charge in [0.1, 0.15) is 0 Å². The summed E-state index contributed by atoms with van der Waals surface area (Å²) in [6.07, 6.45) is 0. The molecule has 1 amide bonds. The maximum absolute atomic E-state index is 11.9. The highest BCUT2D eigenvalue weighted by atomic mass is 35.5. The van der Waals surface area contributed by atoms with Crippen LogP contribution in [0, 0.1) is 5.41 Å². The monoisotopic (exact) mass is 316 g/mol. The number of carbonyl (C=O) groups is 1. The predicted molar refractivity (Wildman–Crippen MR) is 93.3 cm³/mol. The lowest BCUT2D eigenvalue weighted by Crippen LogP contribution is -2.27. The molecule has 0 saturated carbocycles. The molecule has 0 radical (unpaired) electrons. The molecule has 116 valence electrons. The van der Waals surface area contributed by atoms with Gasteiger partial charge < -0.3 is 10.6 Å². The van der Waals surface area contributed by atoms with Gasteiger partial charge in [0.05, 0.1) is 0 Å². The normalized spacial score (nSPS) is 11.1. The van der Waals surface area contributed by atoms with E-state index in [1.807, 2.05) is 69.3 Å². The largest absolute Gasteiger partial charge is 0.381 e. The van der Waals surface area contributed by atoms with E-state index in [9.17, 15) is 4.79 Å². The summed E-state index contributed by atoms with van der Waals surface area (Å²) in [7, 11) is 0. The number of rotatable bonds is 4. The molecule has 0 atom stereocenters. The van der Waals surface area contributed by atoms with E-state index in [1.54, 1.807) is 0 Å². The highest BCUT2D eigenvalue weighted by Crippen LogP contribution is 2.20. The number of benzene rings is 2. The summed E-state index contributed by atoms with van der Waals surface area (Å²) < 4.78 is 0. The highest BCUT2D eigenvalue weighted by molar-refractivity contribution is 6.31. The van der Waals surface area contributed by atoms with E-state index in [4.69, 9.17) is 11.6 Å². The van der Waals surface area contributed by atoms with Crippen molar-refractivity contribution in [1.82, 2.24) is 0 Å². The van der Waals surface area contributed by atoms with Crippen molar-refractivity contribution in [1.29, 1.82) is 0 Å². The molecule has 2 aromatic carbocycles. The van der Waals surface area contributed by atoms with Gasteiger partial charge >= 0.3 is 0 Å². The molecule has 2 rings (SSSR count). The molecule has 22 heavy (non-hydrogen) atoms. The Morgan fingerprint density at radius 3 is 2.18 bits per heavy atom. The Bertz CT molecular complexity index is 645. The zero-order chi connectivity index (χ0) is 16.2. The summed E-state index contributed by atoms with van der Waals surface area (Å²) in [6, 6.07) is 15.4. The number of hydrogen-bond donors (Lipinski definition) is 2. The number of hydrogen-bond acceptors (Lipinski definition) is 2. The van der Waals surface area contributed by atoms with Gasteiger partial charge in [-0.2, -0.15) is 0 Å². The molecule has 0 spiro atoms. The van der Waals surface area contributed by atoms with E-state index < -0.39 is 5.41 Å². The molecule has 0 aliphatic carbocycles. The number of anilines is 2. The van der Waals surface area contributed by atoms with Crippen molar-refractivity contribution in [2.45, 2.75) is 27.3 Å². The van der Waals surface area contributed by atoms with Crippen LogP contribution in [-0.2, 0) is 11.3 Å².